The minimum atomic E-state index is -2.06. The van der Waals surface area contributed by atoms with Crippen molar-refractivity contribution in [3.8, 4) is 0 Å². The van der Waals surface area contributed by atoms with Crippen LogP contribution >= 0.6 is 7.07 Å². The molecule has 14 heteroatoms. The maximum Gasteiger partial charge on any atom is 0.440 e. The Bertz CT molecular complexity index is 1010. The lowest BCUT2D eigenvalue weighted by Crippen LogP contribution is -2.34. The molecule has 0 aromatic carbocycles. The SMILES string of the molecule is CNc1nc(N)nc2c1ncn2[C@@H]1O[C@](F)(CO[P+](=S)N[C@H](C)C(=O)OC(C)C)C[C@@H]1C. The highest BCUT2D eigenvalue weighted by molar-refractivity contribution is 8.02. The summed E-state index contributed by atoms with van der Waals surface area (Å²) in [6.07, 6.45) is 0.696. The summed E-state index contributed by atoms with van der Waals surface area (Å²) >= 11 is 5.22. The quantitative estimate of drug-likeness (QED) is 0.354. The zero-order chi connectivity index (χ0) is 23.6. The molecule has 0 bridgehead atoms. The maximum atomic E-state index is 15.5. The fraction of sp³-hybridized carbons (Fsp3) is 0.667. The number of hydrogen-bond acceptors (Lipinski definition) is 10. The summed E-state index contributed by atoms with van der Waals surface area (Å²) in [5, 5.41) is 5.74. The summed E-state index contributed by atoms with van der Waals surface area (Å²) in [4.78, 5) is 24.6. The number of anilines is 2. The molecular formula is C18H28FN7O4PS+. The van der Waals surface area contributed by atoms with Crippen molar-refractivity contribution in [2.75, 3.05) is 24.7 Å². The molecule has 0 radical (unpaired) electrons. The second kappa shape index (κ2) is 9.84. The predicted molar refractivity (Wildman–Crippen MR) is 121 cm³/mol. The number of halogens is 1. The second-order valence-corrected chi connectivity index (χ2v) is 9.97. The smallest absolute Gasteiger partial charge is 0.440 e. The number of nitrogens with one attached hydrogen (secondary N) is 2. The van der Waals surface area contributed by atoms with Gasteiger partial charge in [0.1, 0.15) is 12.3 Å². The van der Waals surface area contributed by atoms with Crippen LogP contribution in [0.3, 0.4) is 0 Å². The van der Waals surface area contributed by atoms with Crippen LogP contribution < -0.4 is 16.1 Å². The molecule has 1 saturated heterocycles. The first-order chi connectivity index (χ1) is 15.0. The van der Waals surface area contributed by atoms with E-state index in [4.69, 9.17) is 31.5 Å². The Balaban J connectivity index is 1.65. The average Bonchev–Trinajstić information content (AvgIpc) is 3.25. The zero-order valence-electron chi connectivity index (χ0n) is 18.5. The van der Waals surface area contributed by atoms with Crippen LogP contribution in [0.15, 0.2) is 6.33 Å². The number of nitrogens with two attached hydrogens (primary N) is 1. The fourth-order valence-electron chi connectivity index (χ4n) is 3.42. The molecule has 3 rings (SSSR count). The number of nitrogen functional groups attached to an aromatic ring is 1. The van der Waals surface area contributed by atoms with E-state index < -0.39 is 31.2 Å². The highest BCUT2D eigenvalue weighted by Crippen LogP contribution is 2.44. The van der Waals surface area contributed by atoms with Gasteiger partial charge in [-0.15, -0.1) is 4.52 Å². The van der Waals surface area contributed by atoms with E-state index in [2.05, 4.69) is 25.4 Å². The topological polar surface area (TPSA) is 138 Å². The van der Waals surface area contributed by atoms with E-state index in [0.29, 0.717) is 17.0 Å². The van der Waals surface area contributed by atoms with Crippen LogP contribution in [0.1, 0.15) is 40.3 Å². The highest BCUT2D eigenvalue weighted by Gasteiger charge is 2.48. The molecule has 32 heavy (non-hydrogen) atoms. The van der Waals surface area contributed by atoms with Crippen LogP contribution in [0, 0.1) is 5.92 Å². The third-order valence-electron chi connectivity index (χ3n) is 4.80. The second-order valence-electron chi connectivity index (χ2n) is 7.94. The lowest BCUT2D eigenvalue weighted by molar-refractivity contribution is -0.171. The van der Waals surface area contributed by atoms with E-state index in [1.54, 1.807) is 32.4 Å². The summed E-state index contributed by atoms with van der Waals surface area (Å²) in [7, 11) is 0.00752. The van der Waals surface area contributed by atoms with Crippen LogP contribution in [0.5, 0.6) is 0 Å². The number of carbonyl (C=O) groups excluding carboxylic acids is 1. The van der Waals surface area contributed by atoms with Gasteiger partial charge in [0.25, 0.3) is 0 Å². The molecule has 176 valence electrons. The van der Waals surface area contributed by atoms with Crippen molar-refractivity contribution in [2.45, 2.75) is 58.3 Å². The van der Waals surface area contributed by atoms with Gasteiger partial charge in [-0.05, 0) is 20.8 Å². The molecule has 5 atom stereocenters. The lowest BCUT2D eigenvalue weighted by Gasteiger charge is -2.20. The van der Waals surface area contributed by atoms with E-state index in [1.165, 1.54) is 6.33 Å². The van der Waals surface area contributed by atoms with E-state index in [1.807, 2.05) is 6.92 Å². The predicted octanol–water partition coefficient (Wildman–Crippen LogP) is 2.39. The van der Waals surface area contributed by atoms with E-state index >= 15 is 4.39 Å². The highest BCUT2D eigenvalue weighted by atomic mass is 32.4. The standard InChI is InChI=1S/C18H28FN7O4PS/c1-9(2)29-16(27)11(4)25-31(32)28-7-18(19)6-10(3)15(30-18)26-8-22-12-13(21-5)23-17(20)24-14(12)26/h8-11,15H,6-7H2,1-5H3,(H,25,32)(H3,20,21,23,24)/q+1/t10-,11+,15+,18-/m0/s1. The first kappa shape index (κ1) is 24.6. The number of rotatable bonds is 9. The Morgan fingerprint density at radius 3 is 2.88 bits per heavy atom. The summed E-state index contributed by atoms with van der Waals surface area (Å²) < 4.78 is 33.4. The summed E-state index contributed by atoms with van der Waals surface area (Å²) in [6, 6.07) is -0.670. The normalized spacial score (nSPS) is 24.7. The first-order valence-corrected chi connectivity index (χ1v) is 12.4. The molecule has 11 nitrogen and oxygen atoms in total. The summed E-state index contributed by atoms with van der Waals surface area (Å²) in [5.41, 5.74) is 6.74. The minimum Gasteiger partial charge on any atom is -0.462 e. The van der Waals surface area contributed by atoms with Gasteiger partial charge in [-0.1, -0.05) is 12.0 Å². The van der Waals surface area contributed by atoms with Crippen LogP contribution in [-0.2, 0) is 30.6 Å². The number of aromatic nitrogens is 4. The average molecular weight is 489 g/mol. The molecule has 1 aliphatic heterocycles. The number of imidazole rings is 1. The lowest BCUT2D eigenvalue weighted by atomic mass is 10.1. The number of carbonyl (C=O) groups is 1. The molecule has 3 heterocycles. The Morgan fingerprint density at radius 2 is 2.22 bits per heavy atom. The van der Waals surface area contributed by atoms with Gasteiger partial charge in [0.05, 0.1) is 12.4 Å². The Morgan fingerprint density at radius 1 is 1.50 bits per heavy atom. The molecule has 0 amide bonds. The van der Waals surface area contributed by atoms with Crippen molar-refractivity contribution in [2.24, 2.45) is 5.92 Å². The van der Waals surface area contributed by atoms with Crippen molar-refractivity contribution < 1.29 is 23.2 Å². The van der Waals surface area contributed by atoms with Crippen LogP contribution in [-0.4, -0.2) is 57.1 Å². The maximum absolute atomic E-state index is 15.5. The van der Waals surface area contributed by atoms with Crippen LogP contribution in [0.25, 0.3) is 11.2 Å². The minimum absolute atomic E-state index is 0.0667. The zero-order valence-corrected chi connectivity index (χ0v) is 20.2. The van der Waals surface area contributed by atoms with E-state index in [-0.39, 0.29) is 31.0 Å². The van der Waals surface area contributed by atoms with Gasteiger partial charge in [0, 0.05) is 19.4 Å². The number of nitrogens with zero attached hydrogens (tertiary/aromatic N) is 4. The van der Waals surface area contributed by atoms with Gasteiger partial charge < -0.3 is 20.5 Å². The van der Waals surface area contributed by atoms with Gasteiger partial charge in [-0.3, -0.25) is 9.36 Å². The molecule has 0 spiro atoms. The number of alkyl halides is 1. The molecule has 2 aromatic heterocycles. The number of ether oxygens (including phenoxy) is 2. The van der Waals surface area contributed by atoms with Gasteiger partial charge in [-0.25, -0.2) is 9.37 Å². The summed E-state index contributed by atoms with van der Waals surface area (Å²) in [6.45, 7) is 6.60. The van der Waals surface area contributed by atoms with Gasteiger partial charge in [0.15, 0.2) is 23.6 Å². The largest absolute Gasteiger partial charge is 0.462 e. The molecular weight excluding hydrogens is 460 g/mol. The van der Waals surface area contributed by atoms with Crippen molar-refractivity contribution in [1.82, 2.24) is 24.6 Å². The Kier molecular flexibility index (Phi) is 7.56. The van der Waals surface area contributed by atoms with Crippen LogP contribution in [0.2, 0.25) is 0 Å². The summed E-state index contributed by atoms with van der Waals surface area (Å²) in [5.74, 6) is -2.18. The Hall–Kier alpha value is -2.05. The van der Waals surface area contributed by atoms with Gasteiger partial charge in [0.2, 0.25) is 23.6 Å². The number of esters is 1. The molecule has 0 aliphatic carbocycles. The molecule has 1 unspecified atom stereocenters. The molecule has 4 N–H and O–H groups in total. The number of hydrogen-bond donors (Lipinski definition) is 3. The van der Waals surface area contributed by atoms with Gasteiger partial charge >= 0.3 is 13.0 Å². The van der Waals surface area contributed by atoms with Crippen molar-refractivity contribution in [3.63, 3.8) is 0 Å². The third-order valence-corrected chi connectivity index (χ3v) is 6.39. The van der Waals surface area contributed by atoms with Crippen LogP contribution in [0.4, 0.5) is 16.2 Å². The fourth-order valence-corrected chi connectivity index (χ4v) is 4.86. The molecule has 2 aromatic rings. The molecule has 1 aliphatic rings. The van der Waals surface area contributed by atoms with Crippen molar-refractivity contribution in [3.05, 3.63) is 6.33 Å². The molecule has 0 saturated carbocycles. The number of fused-ring (bicyclic) bond motifs is 1. The molecule has 1 fully saturated rings. The van der Waals surface area contributed by atoms with E-state index in [0.717, 1.165) is 0 Å². The third kappa shape index (κ3) is 5.46. The Labute approximate surface area is 191 Å². The van der Waals surface area contributed by atoms with Crippen molar-refractivity contribution in [1.29, 1.82) is 0 Å². The van der Waals surface area contributed by atoms with E-state index in [9.17, 15) is 4.79 Å². The first-order valence-electron chi connectivity index (χ1n) is 10.1. The monoisotopic (exact) mass is 488 g/mol. The van der Waals surface area contributed by atoms with Crippen molar-refractivity contribution >= 4 is 47.8 Å². The van der Waals surface area contributed by atoms with Gasteiger partial charge in [-0.2, -0.15) is 9.97 Å².